The monoisotopic (exact) mass is 392 g/mol. The van der Waals surface area contributed by atoms with E-state index < -0.39 is 0 Å². The third kappa shape index (κ3) is 2.49. The van der Waals surface area contributed by atoms with E-state index in [-0.39, 0.29) is 17.9 Å². The molecule has 0 spiro atoms. The van der Waals surface area contributed by atoms with Crippen molar-refractivity contribution in [3.8, 4) is 22.3 Å². The van der Waals surface area contributed by atoms with Gasteiger partial charge in [-0.3, -0.25) is 14.6 Å². The Morgan fingerprint density at radius 2 is 2.32 bits per heavy atom. The molecule has 0 aromatic carbocycles. The van der Waals surface area contributed by atoms with Crippen molar-refractivity contribution in [1.82, 2.24) is 20.0 Å². The van der Waals surface area contributed by atoms with Gasteiger partial charge in [0.2, 0.25) is 0 Å². The first kappa shape index (κ1) is 16.9. The molecular formula is C19H16N6O2S. The standard InChI is InChI=1S/C19H16N6O2S/c1-10(25-9-11(5-20)6-23-25)15-13-3-2-4-27-16-14(13)18(19(26)24-15)28-17(16)12-7-21-22-8-12/h6-10,13H,2-4H2,1H3,(H,21,22)/t10-,13?/m1/s1. The number of amides is 1. The molecule has 28 heavy (non-hydrogen) atoms. The largest absolute Gasteiger partial charge is 0.492 e. The Bertz CT molecular complexity index is 1130. The number of carbonyl (C=O) groups excluding carboxylic acids is 1. The van der Waals surface area contributed by atoms with Crippen LogP contribution in [0.25, 0.3) is 10.4 Å². The van der Waals surface area contributed by atoms with Crippen LogP contribution in [0.5, 0.6) is 5.75 Å². The maximum Gasteiger partial charge on any atom is 0.287 e. The fourth-order valence-corrected chi connectivity index (χ4v) is 5.06. The van der Waals surface area contributed by atoms with Crippen LogP contribution < -0.4 is 4.74 Å². The van der Waals surface area contributed by atoms with Crippen LogP contribution >= 0.6 is 11.3 Å². The number of aromatic nitrogens is 4. The lowest BCUT2D eigenvalue weighted by molar-refractivity contribution is 0.100. The van der Waals surface area contributed by atoms with E-state index in [2.05, 4.69) is 26.4 Å². The summed E-state index contributed by atoms with van der Waals surface area (Å²) in [4.78, 5) is 18.9. The van der Waals surface area contributed by atoms with Crippen LogP contribution in [-0.4, -0.2) is 38.2 Å². The summed E-state index contributed by atoms with van der Waals surface area (Å²) >= 11 is 1.42. The minimum Gasteiger partial charge on any atom is -0.492 e. The molecule has 0 saturated heterocycles. The number of aromatic amines is 1. The summed E-state index contributed by atoms with van der Waals surface area (Å²) in [6.45, 7) is 2.56. The quantitative estimate of drug-likeness (QED) is 0.735. The Hall–Kier alpha value is -3.25. The number of nitriles is 1. The summed E-state index contributed by atoms with van der Waals surface area (Å²) in [5.41, 5.74) is 3.10. The number of ether oxygens (including phenoxy) is 1. The topological polar surface area (TPSA) is 109 Å². The molecule has 9 heteroatoms. The number of rotatable bonds is 3. The van der Waals surface area contributed by atoms with Crippen molar-refractivity contribution in [3.05, 3.63) is 40.8 Å². The van der Waals surface area contributed by atoms with Gasteiger partial charge in [0.15, 0.2) is 0 Å². The van der Waals surface area contributed by atoms with E-state index in [9.17, 15) is 4.79 Å². The summed E-state index contributed by atoms with van der Waals surface area (Å²) in [7, 11) is 0. The van der Waals surface area contributed by atoms with Crippen LogP contribution in [-0.2, 0) is 0 Å². The predicted octanol–water partition coefficient (Wildman–Crippen LogP) is 3.32. The molecule has 2 atom stereocenters. The summed E-state index contributed by atoms with van der Waals surface area (Å²) in [5.74, 6) is 0.522. The first-order valence-corrected chi connectivity index (χ1v) is 9.84. The second kappa shape index (κ2) is 6.42. The lowest BCUT2D eigenvalue weighted by atomic mass is 9.84. The van der Waals surface area contributed by atoms with Crippen LogP contribution in [0.2, 0.25) is 0 Å². The Labute approximate surface area is 164 Å². The van der Waals surface area contributed by atoms with E-state index >= 15 is 0 Å². The summed E-state index contributed by atoms with van der Waals surface area (Å²) in [6, 6.07) is 1.86. The number of carbonyl (C=O) groups is 1. The zero-order chi connectivity index (χ0) is 19.3. The van der Waals surface area contributed by atoms with Crippen molar-refractivity contribution >= 4 is 23.0 Å². The van der Waals surface area contributed by atoms with E-state index in [0.29, 0.717) is 17.0 Å². The molecule has 2 aliphatic heterocycles. The molecule has 140 valence electrons. The first-order chi connectivity index (χ1) is 13.7. The van der Waals surface area contributed by atoms with Gasteiger partial charge in [0.1, 0.15) is 16.7 Å². The van der Waals surface area contributed by atoms with Gasteiger partial charge < -0.3 is 4.74 Å². The minimum absolute atomic E-state index is 0.00756. The number of nitrogens with zero attached hydrogens (tertiary/aromatic N) is 5. The highest BCUT2D eigenvalue weighted by molar-refractivity contribution is 7.18. The first-order valence-electron chi connectivity index (χ1n) is 9.03. The van der Waals surface area contributed by atoms with Gasteiger partial charge in [-0.2, -0.15) is 15.5 Å². The van der Waals surface area contributed by atoms with Crippen LogP contribution in [0, 0.1) is 11.3 Å². The number of hydrogen-bond donors (Lipinski definition) is 1. The van der Waals surface area contributed by atoms with Gasteiger partial charge in [0, 0.05) is 29.4 Å². The highest BCUT2D eigenvalue weighted by Crippen LogP contribution is 2.51. The summed E-state index contributed by atoms with van der Waals surface area (Å²) in [6.07, 6.45) is 8.47. The molecule has 1 unspecified atom stereocenters. The Morgan fingerprint density at radius 3 is 3.07 bits per heavy atom. The molecule has 3 aromatic rings. The normalized spacial score (nSPS) is 19.2. The van der Waals surface area contributed by atoms with Gasteiger partial charge in [-0.05, 0) is 19.8 Å². The van der Waals surface area contributed by atoms with E-state index in [1.54, 1.807) is 23.3 Å². The van der Waals surface area contributed by atoms with Crippen molar-refractivity contribution in [2.75, 3.05) is 6.61 Å². The second-order valence-electron chi connectivity index (χ2n) is 6.87. The SMILES string of the molecule is C[C@H](C1=NC(=O)c2sc(-c3cn[nH]c3)c3c2C1CCCO3)n1cc(C#N)cn1. The highest BCUT2D eigenvalue weighted by atomic mass is 32.1. The third-order valence-corrected chi connectivity index (χ3v) is 6.45. The van der Waals surface area contributed by atoms with Crippen molar-refractivity contribution in [3.63, 3.8) is 0 Å². The molecule has 0 radical (unpaired) electrons. The number of aliphatic imine (C=N–C) groups is 1. The molecule has 1 N–H and O–H groups in total. The molecule has 5 rings (SSSR count). The average molecular weight is 392 g/mol. The van der Waals surface area contributed by atoms with Crippen molar-refractivity contribution in [2.24, 2.45) is 4.99 Å². The zero-order valence-corrected chi connectivity index (χ0v) is 15.9. The number of hydrogen-bond acceptors (Lipinski definition) is 6. The molecule has 0 saturated carbocycles. The van der Waals surface area contributed by atoms with E-state index in [0.717, 1.165) is 40.3 Å². The summed E-state index contributed by atoms with van der Waals surface area (Å²) in [5, 5.41) is 20.2. The smallest absolute Gasteiger partial charge is 0.287 e. The van der Waals surface area contributed by atoms with Crippen molar-refractivity contribution in [1.29, 1.82) is 5.26 Å². The van der Waals surface area contributed by atoms with Crippen LogP contribution in [0.4, 0.5) is 0 Å². The molecule has 5 heterocycles. The second-order valence-corrected chi connectivity index (χ2v) is 7.89. The summed E-state index contributed by atoms with van der Waals surface area (Å²) < 4.78 is 7.79. The lowest BCUT2D eigenvalue weighted by Crippen LogP contribution is -2.28. The van der Waals surface area contributed by atoms with Gasteiger partial charge in [0.05, 0.1) is 41.2 Å². The molecule has 0 aliphatic carbocycles. The molecule has 0 bridgehead atoms. The molecule has 1 amide bonds. The average Bonchev–Trinajstić information content (AvgIpc) is 3.42. The number of thiophene rings is 1. The van der Waals surface area contributed by atoms with Gasteiger partial charge in [-0.1, -0.05) is 0 Å². The molecular weight excluding hydrogens is 376 g/mol. The van der Waals surface area contributed by atoms with Crippen molar-refractivity contribution < 1.29 is 9.53 Å². The molecule has 2 aliphatic rings. The van der Waals surface area contributed by atoms with Gasteiger partial charge in [0.25, 0.3) is 5.91 Å². The van der Waals surface area contributed by atoms with Gasteiger partial charge in [-0.25, -0.2) is 4.99 Å². The highest BCUT2D eigenvalue weighted by Gasteiger charge is 2.39. The zero-order valence-electron chi connectivity index (χ0n) is 15.0. The maximum absolute atomic E-state index is 12.9. The third-order valence-electron chi connectivity index (χ3n) is 5.23. The van der Waals surface area contributed by atoms with E-state index in [1.807, 2.05) is 6.92 Å². The van der Waals surface area contributed by atoms with E-state index in [4.69, 9.17) is 10.00 Å². The number of nitrogens with one attached hydrogen (secondary N) is 1. The molecule has 8 nitrogen and oxygen atoms in total. The molecule has 3 aromatic heterocycles. The Morgan fingerprint density at radius 1 is 1.43 bits per heavy atom. The van der Waals surface area contributed by atoms with Crippen LogP contribution in [0.15, 0.2) is 29.8 Å². The van der Waals surface area contributed by atoms with Gasteiger partial charge >= 0.3 is 0 Å². The van der Waals surface area contributed by atoms with Crippen LogP contribution in [0.1, 0.15) is 52.5 Å². The van der Waals surface area contributed by atoms with Crippen LogP contribution in [0.3, 0.4) is 0 Å². The van der Waals surface area contributed by atoms with Gasteiger partial charge in [-0.15, -0.1) is 11.3 Å². The predicted molar refractivity (Wildman–Crippen MR) is 103 cm³/mol. The van der Waals surface area contributed by atoms with Crippen molar-refractivity contribution in [2.45, 2.75) is 31.7 Å². The lowest BCUT2D eigenvalue weighted by Gasteiger charge is -2.26. The maximum atomic E-state index is 12.9. The fourth-order valence-electron chi connectivity index (χ4n) is 3.89. The number of H-pyrrole nitrogens is 1. The van der Waals surface area contributed by atoms with E-state index in [1.165, 1.54) is 17.5 Å². The molecule has 0 fully saturated rings. The Kier molecular flexibility index (Phi) is 3.87. The minimum atomic E-state index is -0.243. The Balaban J connectivity index is 1.63. The fraction of sp³-hybridized carbons (Fsp3) is 0.316.